The van der Waals surface area contributed by atoms with E-state index in [2.05, 4.69) is 62.4 Å². The van der Waals surface area contributed by atoms with Gasteiger partial charge in [0.15, 0.2) is 0 Å². The van der Waals surface area contributed by atoms with Gasteiger partial charge in [-0.05, 0) is 62.1 Å². The molecule has 7 heteroatoms. The number of benzene rings is 1. The predicted octanol–water partition coefficient (Wildman–Crippen LogP) is 4.70. The van der Waals surface area contributed by atoms with Crippen LogP contribution in [-0.2, 0) is 29.2 Å². The molecule has 0 saturated heterocycles. The van der Waals surface area contributed by atoms with Gasteiger partial charge in [0.25, 0.3) is 0 Å². The molecule has 176 valence electrons. The molecular formula is C27H31N5O2. The van der Waals surface area contributed by atoms with Crippen LogP contribution in [-0.4, -0.2) is 35.2 Å². The number of carbonyl (C=O) groups excluding carboxylic acids is 1. The summed E-state index contributed by atoms with van der Waals surface area (Å²) in [7, 11) is 1.77. The molecule has 34 heavy (non-hydrogen) atoms. The molecule has 1 amide bonds. The lowest BCUT2D eigenvalue weighted by atomic mass is 9.86. The molecule has 1 aliphatic carbocycles. The molecule has 0 radical (unpaired) electrons. The topological polar surface area (TPSA) is 62.6 Å². The lowest BCUT2D eigenvalue weighted by Crippen LogP contribution is -2.38. The summed E-state index contributed by atoms with van der Waals surface area (Å²) < 4.78 is 7.85. The number of ether oxygens (including phenoxy) is 1. The minimum Gasteiger partial charge on any atom is -0.381 e. The van der Waals surface area contributed by atoms with E-state index >= 15 is 0 Å². The molecule has 0 bridgehead atoms. The fourth-order valence-corrected chi connectivity index (χ4v) is 5.60. The van der Waals surface area contributed by atoms with Crippen molar-refractivity contribution >= 4 is 28.8 Å². The maximum atomic E-state index is 13.9. The Morgan fingerprint density at radius 2 is 1.94 bits per heavy atom. The van der Waals surface area contributed by atoms with Crippen molar-refractivity contribution < 1.29 is 9.53 Å². The van der Waals surface area contributed by atoms with Gasteiger partial charge < -0.3 is 24.4 Å². The highest BCUT2D eigenvalue weighted by molar-refractivity contribution is 6.00. The first kappa shape index (κ1) is 21.2. The molecule has 3 aliphatic rings. The van der Waals surface area contributed by atoms with E-state index in [-0.39, 0.29) is 17.9 Å². The van der Waals surface area contributed by atoms with Crippen LogP contribution in [0.1, 0.15) is 36.9 Å². The normalized spacial score (nSPS) is 21.7. The Bertz CT molecular complexity index is 1200. The first-order chi connectivity index (χ1) is 16.7. The van der Waals surface area contributed by atoms with Crippen LogP contribution in [0.15, 0.2) is 54.9 Å². The van der Waals surface area contributed by atoms with E-state index in [4.69, 9.17) is 4.74 Å². The van der Waals surface area contributed by atoms with E-state index in [0.29, 0.717) is 6.54 Å². The van der Waals surface area contributed by atoms with Crippen molar-refractivity contribution in [2.45, 2.75) is 51.4 Å². The van der Waals surface area contributed by atoms with Gasteiger partial charge >= 0.3 is 0 Å². The van der Waals surface area contributed by atoms with Crippen molar-refractivity contribution in [3.05, 3.63) is 66.1 Å². The number of nitrogens with one attached hydrogen (secondary N) is 1. The summed E-state index contributed by atoms with van der Waals surface area (Å²) in [5, 5.41) is 3.50. The zero-order chi connectivity index (χ0) is 23.1. The highest BCUT2D eigenvalue weighted by atomic mass is 16.5. The Morgan fingerprint density at radius 3 is 2.79 bits per heavy atom. The summed E-state index contributed by atoms with van der Waals surface area (Å²) in [6, 6.07) is 14.7. The van der Waals surface area contributed by atoms with E-state index in [1.807, 2.05) is 11.0 Å². The fraction of sp³-hybridized carbons (Fsp3) is 0.407. The van der Waals surface area contributed by atoms with E-state index in [1.165, 1.54) is 5.69 Å². The third kappa shape index (κ3) is 3.84. The second-order valence-electron chi connectivity index (χ2n) is 9.59. The SMILES string of the molecule is CO[C@H]1CC[C@H](C(=O)N2Cc3cccnc3Nc3ccc(N4CCn5cccc5C4)cc32)CC1. The monoisotopic (exact) mass is 457 g/mol. The largest absolute Gasteiger partial charge is 0.381 e. The van der Waals surface area contributed by atoms with Crippen LogP contribution in [0.3, 0.4) is 0 Å². The number of aromatic nitrogens is 2. The highest BCUT2D eigenvalue weighted by Gasteiger charge is 2.33. The van der Waals surface area contributed by atoms with Crippen LogP contribution < -0.4 is 15.1 Å². The van der Waals surface area contributed by atoms with Gasteiger partial charge in [0.05, 0.1) is 30.6 Å². The maximum absolute atomic E-state index is 13.9. The van der Waals surface area contributed by atoms with Gasteiger partial charge in [0.1, 0.15) is 5.82 Å². The van der Waals surface area contributed by atoms with Crippen molar-refractivity contribution in [1.82, 2.24) is 9.55 Å². The minimum atomic E-state index is 0.0272. The van der Waals surface area contributed by atoms with E-state index < -0.39 is 0 Å². The lowest BCUT2D eigenvalue weighted by Gasteiger charge is -2.34. The maximum Gasteiger partial charge on any atom is 0.230 e. The third-order valence-corrected chi connectivity index (χ3v) is 7.62. The van der Waals surface area contributed by atoms with Gasteiger partial charge in [-0.3, -0.25) is 4.79 Å². The number of nitrogens with zero attached hydrogens (tertiary/aromatic N) is 4. The molecule has 1 saturated carbocycles. The number of hydrogen-bond donors (Lipinski definition) is 1. The molecule has 7 nitrogen and oxygen atoms in total. The van der Waals surface area contributed by atoms with Crippen molar-refractivity contribution in [2.75, 3.05) is 28.8 Å². The number of amides is 1. The number of pyridine rings is 1. The van der Waals surface area contributed by atoms with Crippen LogP contribution in [0.4, 0.5) is 22.9 Å². The summed E-state index contributed by atoms with van der Waals surface area (Å²) >= 11 is 0. The third-order valence-electron chi connectivity index (χ3n) is 7.62. The van der Waals surface area contributed by atoms with Gasteiger partial charge in [0.2, 0.25) is 5.91 Å². The van der Waals surface area contributed by atoms with Crippen LogP contribution in [0.2, 0.25) is 0 Å². The number of methoxy groups -OCH3 is 1. The van der Waals surface area contributed by atoms with Crippen molar-refractivity contribution in [3.8, 4) is 0 Å². The predicted molar refractivity (Wildman–Crippen MR) is 133 cm³/mol. The number of anilines is 4. The Morgan fingerprint density at radius 1 is 1.06 bits per heavy atom. The second kappa shape index (κ2) is 8.80. The Kier molecular flexibility index (Phi) is 5.49. The molecule has 1 aromatic carbocycles. The van der Waals surface area contributed by atoms with E-state index in [1.54, 1.807) is 13.3 Å². The highest BCUT2D eigenvalue weighted by Crippen LogP contribution is 2.40. The smallest absolute Gasteiger partial charge is 0.230 e. The molecule has 6 rings (SSSR count). The Hall–Kier alpha value is -3.32. The molecule has 2 aromatic heterocycles. The zero-order valence-electron chi connectivity index (χ0n) is 19.6. The molecule has 1 N–H and O–H groups in total. The summed E-state index contributed by atoms with van der Waals surface area (Å²) in [6.45, 7) is 3.32. The zero-order valence-corrected chi connectivity index (χ0v) is 19.6. The number of hydrogen-bond acceptors (Lipinski definition) is 5. The Labute approximate surface area is 200 Å². The van der Waals surface area contributed by atoms with Crippen molar-refractivity contribution in [3.63, 3.8) is 0 Å². The molecule has 0 unspecified atom stereocenters. The molecule has 2 aliphatic heterocycles. The fourth-order valence-electron chi connectivity index (χ4n) is 5.60. The van der Waals surface area contributed by atoms with Crippen LogP contribution in [0, 0.1) is 5.92 Å². The first-order valence-corrected chi connectivity index (χ1v) is 12.3. The van der Waals surface area contributed by atoms with Crippen LogP contribution in [0.5, 0.6) is 0 Å². The van der Waals surface area contributed by atoms with E-state index in [9.17, 15) is 4.79 Å². The van der Waals surface area contributed by atoms with Gasteiger partial charge in [0, 0.05) is 55.5 Å². The molecule has 3 aromatic rings. The summed E-state index contributed by atoms with van der Waals surface area (Å²) in [5.74, 6) is 1.06. The number of rotatable bonds is 3. The summed E-state index contributed by atoms with van der Waals surface area (Å²) in [5.41, 5.74) is 5.37. The van der Waals surface area contributed by atoms with Crippen molar-refractivity contribution in [2.24, 2.45) is 5.92 Å². The quantitative estimate of drug-likeness (QED) is 0.618. The average Bonchev–Trinajstić information content (AvgIpc) is 3.29. The number of fused-ring (bicyclic) bond motifs is 3. The molecule has 4 heterocycles. The Balaban J connectivity index is 1.34. The van der Waals surface area contributed by atoms with Gasteiger partial charge in [-0.15, -0.1) is 0 Å². The van der Waals surface area contributed by atoms with Crippen molar-refractivity contribution in [1.29, 1.82) is 0 Å². The average molecular weight is 458 g/mol. The van der Waals surface area contributed by atoms with E-state index in [0.717, 1.165) is 73.8 Å². The van der Waals surface area contributed by atoms with Gasteiger partial charge in [-0.1, -0.05) is 6.07 Å². The first-order valence-electron chi connectivity index (χ1n) is 12.3. The van der Waals surface area contributed by atoms with Crippen LogP contribution in [0.25, 0.3) is 0 Å². The van der Waals surface area contributed by atoms with Gasteiger partial charge in [-0.25, -0.2) is 4.98 Å². The van der Waals surface area contributed by atoms with Gasteiger partial charge in [-0.2, -0.15) is 0 Å². The standard InChI is InChI=1S/C27H31N5O2/c1-34-23-9-6-19(7-10-23)27(33)32-17-20-4-2-12-28-26(20)29-24-11-8-21(16-25(24)32)31-15-14-30-13-3-5-22(30)18-31/h2-5,8,11-13,16,19,23H,6-7,9-10,14-15,17-18H2,1H3,(H,28,29)/t19-,23-. The molecular weight excluding hydrogens is 426 g/mol. The molecule has 0 atom stereocenters. The van der Waals surface area contributed by atoms with Crippen LogP contribution >= 0.6 is 0 Å². The second-order valence-corrected chi connectivity index (χ2v) is 9.59. The minimum absolute atomic E-state index is 0.0272. The lowest BCUT2D eigenvalue weighted by molar-refractivity contribution is -0.124. The summed E-state index contributed by atoms with van der Waals surface area (Å²) in [4.78, 5) is 22.9. The summed E-state index contributed by atoms with van der Waals surface area (Å²) in [6.07, 6.45) is 7.85. The molecule has 0 spiro atoms. The molecule has 1 fully saturated rings. The number of carbonyl (C=O) groups is 1.